The van der Waals surface area contributed by atoms with Gasteiger partial charge in [0.25, 0.3) is 17.3 Å². The third-order valence-corrected chi connectivity index (χ3v) is 4.26. The van der Waals surface area contributed by atoms with E-state index in [2.05, 4.69) is 20.7 Å². The lowest BCUT2D eigenvalue weighted by Gasteiger charge is -2.09. The number of rotatable bonds is 7. The summed E-state index contributed by atoms with van der Waals surface area (Å²) in [4.78, 5) is 48.8. The smallest absolute Gasteiger partial charge is 0.279 e. The monoisotopic (exact) mass is 425 g/mol. The topological polar surface area (TPSA) is 175 Å². The van der Waals surface area contributed by atoms with Gasteiger partial charge in [-0.25, -0.2) is 9.67 Å². The Kier molecular flexibility index (Phi) is 5.95. The van der Waals surface area contributed by atoms with E-state index in [0.29, 0.717) is 5.69 Å². The number of benzene rings is 2. The summed E-state index contributed by atoms with van der Waals surface area (Å²) in [5, 5.41) is 31.0. The lowest BCUT2D eigenvalue weighted by molar-refractivity contribution is -0.394. The molecule has 3 aromatic rings. The molecule has 0 unspecified atom stereocenters. The number of nitrogens with zero attached hydrogens (tertiary/aromatic N) is 5. The Balaban J connectivity index is 1.66. The van der Waals surface area contributed by atoms with E-state index < -0.39 is 39.6 Å². The zero-order chi connectivity index (χ0) is 22.5. The van der Waals surface area contributed by atoms with Crippen LogP contribution in [-0.4, -0.2) is 43.0 Å². The second-order valence-electron chi connectivity index (χ2n) is 6.27. The van der Waals surface area contributed by atoms with Gasteiger partial charge in [-0.15, -0.1) is 0 Å². The van der Waals surface area contributed by atoms with E-state index in [0.717, 1.165) is 17.8 Å². The molecule has 2 aromatic carbocycles. The fourth-order valence-corrected chi connectivity index (χ4v) is 2.72. The molecule has 0 aliphatic heterocycles. The van der Waals surface area contributed by atoms with Crippen molar-refractivity contribution >= 4 is 28.9 Å². The van der Waals surface area contributed by atoms with E-state index in [1.807, 2.05) is 0 Å². The summed E-state index contributed by atoms with van der Waals surface area (Å²) in [6.45, 7) is 0.854. The van der Waals surface area contributed by atoms with Crippen LogP contribution in [-0.2, 0) is 4.79 Å². The maximum Gasteiger partial charge on any atom is 0.279 e. The van der Waals surface area contributed by atoms with E-state index in [-0.39, 0.29) is 11.1 Å². The number of carbonyl (C=O) groups excluding carboxylic acids is 2. The zero-order valence-corrected chi connectivity index (χ0v) is 16.0. The minimum atomic E-state index is -0.846. The van der Waals surface area contributed by atoms with Gasteiger partial charge >= 0.3 is 0 Å². The van der Waals surface area contributed by atoms with Crippen LogP contribution in [0.4, 0.5) is 17.1 Å². The van der Waals surface area contributed by atoms with Crippen LogP contribution in [0.2, 0.25) is 0 Å². The van der Waals surface area contributed by atoms with E-state index in [4.69, 9.17) is 0 Å². The molecule has 0 bridgehead atoms. The molecule has 1 heterocycles. The Morgan fingerprint density at radius 2 is 1.81 bits per heavy atom. The van der Waals surface area contributed by atoms with Crippen LogP contribution in [0.25, 0.3) is 5.69 Å². The van der Waals surface area contributed by atoms with Crippen molar-refractivity contribution in [2.45, 2.75) is 6.92 Å². The predicted molar refractivity (Wildman–Crippen MR) is 107 cm³/mol. The van der Waals surface area contributed by atoms with Crippen molar-refractivity contribution < 1.29 is 19.4 Å². The van der Waals surface area contributed by atoms with Crippen LogP contribution in [0.15, 0.2) is 49.1 Å². The van der Waals surface area contributed by atoms with Crippen molar-refractivity contribution in [3.8, 4) is 5.69 Å². The van der Waals surface area contributed by atoms with E-state index in [1.165, 1.54) is 24.3 Å². The van der Waals surface area contributed by atoms with E-state index >= 15 is 0 Å². The maximum absolute atomic E-state index is 12.4. The highest BCUT2D eigenvalue weighted by Crippen LogP contribution is 2.27. The SMILES string of the molecule is Cc1c(C(=O)NCC(=O)Nc2ccc(-n3cncn3)cc2)cc([N+](=O)[O-])cc1[N+](=O)[O-]. The summed E-state index contributed by atoms with van der Waals surface area (Å²) in [7, 11) is 0. The van der Waals surface area contributed by atoms with Gasteiger partial charge in [-0.2, -0.15) is 5.10 Å². The molecule has 0 aliphatic carbocycles. The first-order valence-corrected chi connectivity index (χ1v) is 8.73. The van der Waals surface area contributed by atoms with Crippen molar-refractivity contribution in [1.29, 1.82) is 0 Å². The highest BCUT2D eigenvalue weighted by atomic mass is 16.6. The second-order valence-corrected chi connectivity index (χ2v) is 6.27. The van der Waals surface area contributed by atoms with Gasteiger partial charge in [0.1, 0.15) is 12.7 Å². The molecule has 13 heteroatoms. The second kappa shape index (κ2) is 8.77. The number of carbonyl (C=O) groups is 2. The van der Waals surface area contributed by atoms with E-state index in [9.17, 15) is 29.8 Å². The molecule has 31 heavy (non-hydrogen) atoms. The molecule has 0 aliphatic rings. The number of non-ortho nitro benzene ring substituents is 1. The Morgan fingerprint density at radius 1 is 1.10 bits per heavy atom. The van der Waals surface area contributed by atoms with Gasteiger partial charge in [0, 0.05) is 17.3 Å². The normalized spacial score (nSPS) is 10.4. The predicted octanol–water partition coefficient (Wildman–Crippen LogP) is 1.76. The minimum Gasteiger partial charge on any atom is -0.343 e. The average molecular weight is 425 g/mol. The average Bonchev–Trinajstić information content (AvgIpc) is 3.27. The lowest BCUT2D eigenvalue weighted by Crippen LogP contribution is -2.33. The first kappa shape index (κ1) is 21.0. The Bertz CT molecular complexity index is 1160. The molecule has 0 saturated carbocycles. The van der Waals surface area contributed by atoms with Crippen LogP contribution in [0, 0.1) is 27.2 Å². The summed E-state index contributed by atoms with van der Waals surface area (Å²) in [6.07, 6.45) is 2.90. The molecule has 0 saturated heterocycles. The summed E-state index contributed by atoms with van der Waals surface area (Å²) < 4.78 is 1.53. The van der Waals surface area contributed by atoms with Gasteiger partial charge < -0.3 is 10.6 Å². The van der Waals surface area contributed by atoms with Crippen molar-refractivity contribution in [3.63, 3.8) is 0 Å². The molecule has 0 atom stereocenters. The Labute approximate surface area is 174 Å². The van der Waals surface area contributed by atoms with Crippen molar-refractivity contribution in [2.75, 3.05) is 11.9 Å². The fraction of sp³-hybridized carbons (Fsp3) is 0.111. The van der Waals surface area contributed by atoms with Gasteiger partial charge in [-0.3, -0.25) is 29.8 Å². The molecular weight excluding hydrogens is 410 g/mol. The molecule has 2 N–H and O–H groups in total. The van der Waals surface area contributed by atoms with Gasteiger partial charge in [0.05, 0.1) is 33.7 Å². The lowest BCUT2D eigenvalue weighted by atomic mass is 10.0. The molecule has 3 rings (SSSR count). The third kappa shape index (κ3) is 4.84. The Hall–Kier alpha value is -4.68. The van der Waals surface area contributed by atoms with E-state index in [1.54, 1.807) is 24.3 Å². The molecule has 0 radical (unpaired) electrons. The standard InChI is InChI=1S/C18H15N7O6/c1-11-15(6-14(24(28)29)7-16(11)25(30)31)18(27)20-8-17(26)22-12-2-4-13(5-3-12)23-10-19-9-21-23/h2-7,9-10H,8H2,1H3,(H,20,27)(H,22,26). The van der Waals surface area contributed by atoms with Crippen molar-refractivity contribution in [3.05, 3.63) is 80.4 Å². The molecule has 0 spiro atoms. The van der Waals surface area contributed by atoms with Gasteiger partial charge in [-0.1, -0.05) is 0 Å². The van der Waals surface area contributed by atoms with Crippen LogP contribution in [0.5, 0.6) is 0 Å². The molecule has 13 nitrogen and oxygen atoms in total. The molecule has 0 fully saturated rings. The van der Waals surface area contributed by atoms with Gasteiger partial charge in [-0.05, 0) is 31.2 Å². The van der Waals surface area contributed by atoms with Crippen LogP contribution in [0.1, 0.15) is 15.9 Å². The highest BCUT2D eigenvalue weighted by molar-refractivity contribution is 6.01. The fourth-order valence-electron chi connectivity index (χ4n) is 2.72. The van der Waals surface area contributed by atoms with Gasteiger partial charge in [0.15, 0.2) is 0 Å². The van der Waals surface area contributed by atoms with Crippen LogP contribution in [0.3, 0.4) is 0 Å². The highest BCUT2D eigenvalue weighted by Gasteiger charge is 2.24. The first-order chi connectivity index (χ1) is 14.8. The first-order valence-electron chi connectivity index (χ1n) is 8.73. The summed E-state index contributed by atoms with van der Waals surface area (Å²) in [5.74, 6) is -1.40. The summed E-state index contributed by atoms with van der Waals surface area (Å²) in [5.41, 5.74) is -0.268. The number of nitrogens with one attached hydrogen (secondary N) is 2. The van der Waals surface area contributed by atoms with Crippen LogP contribution < -0.4 is 10.6 Å². The summed E-state index contributed by atoms with van der Waals surface area (Å²) in [6, 6.07) is 8.37. The maximum atomic E-state index is 12.4. The molecule has 1 aromatic heterocycles. The number of nitro benzene ring substituents is 2. The molecular formula is C18H15N7O6. The van der Waals surface area contributed by atoms with Gasteiger partial charge in [0.2, 0.25) is 5.91 Å². The number of aromatic nitrogens is 3. The van der Waals surface area contributed by atoms with Crippen molar-refractivity contribution in [2.24, 2.45) is 0 Å². The number of hydrogen-bond donors (Lipinski definition) is 2. The summed E-state index contributed by atoms with van der Waals surface area (Å²) >= 11 is 0. The number of hydrogen-bond acceptors (Lipinski definition) is 8. The molecule has 158 valence electrons. The van der Waals surface area contributed by atoms with Crippen molar-refractivity contribution in [1.82, 2.24) is 20.1 Å². The number of nitro groups is 2. The largest absolute Gasteiger partial charge is 0.343 e. The minimum absolute atomic E-state index is 0.0443. The molecule has 2 amide bonds. The van der Waals surface area contributed by atoms with Crippen LogP contribution >= 0.6 is 0 Å². The quantitative estimate of drug-likeness (QED) is 0.425. The number of anilines is 1. The Morgan fingerprint density at radius 3 is 2.39 bits per heavy atom. The number of amides is 2. The zero-order valence-electron chi connectivity index (χ0n) is 16.0. The third-order valence-electron chi connectivity index (χ3n) is 4.26.